The highest BCUT2D eigenvalue weighted by atomic mass is 32.1. The van der Waals surface area contributed by atoms with Crippen molar-refractivity contribution in [2.24, 2.45) is 5.84 Å². The van der Waals surface area contributed by atoms with Gasteiger partial charge in [0.2, 0.25) is 0 Å². The first-order chi connectivity index (χ1) is 9.49. The number of nitrogens with one attached hydrogen (secondary N) is 2. The summed E-state index contributed by atoms with van der Waals surface area (Å²) >= 11 is 1.52. The van der Waals surface area contributed by atoms with Crippen molar-refractivity contribution in [2.75, 3.05) is 10.7 Å². The number of nitrogen functional groups attached to an aromatic ring is 1. The van der Waals surface area contributed by atoms with Crippen LogP contribution in [0.25, 0.3) is 0 Å². The molecule has 0 aromatic carbocycles. The van der Waals surface area contributed by atoms with Crippen LogP contribution in [0.2, 0.25) is 0 Å². The lowest BCUT2D eigenvalue weighted by molar-refractivity contribution is -0.384. The molecule has 8 nitrogen and oxygen atoms in total. The minimum atomic E-state index is -0.494. The second-order valence-electron chi connectivity index (χ2n) is 4.19. The Kier molecular flexibility index (Phi) is 4.11. The van der Waals surface area contributed by atoms with E-state index in [1.807, 2.05) is 19.2 Å². The molecule has 0 bridgehead atoms. The summed E-state index contributed by atoms with van der Waals surface area (Å²) < 4.78 is 0. The van der Waals surface area contributed by atoms with E-state index in [9.17, 15) is 10.1 Å². The first-order valence-corrected chi connectivity index (χ1v) is 6.69. The zero-order valence-corrected chi connectivity index (χ0v) is 11.8. The van der Waals surface area contributed by atoms with Crippen LogP contribution in [0, 0.1) is 17.0 Å². The molecule has 2 aromatic rings. The van der Waals surface area contributed by atoms with Crippen LogP contribution in [-0.2, 0) is 0 Å². The van der Waals surface area contributed by atoms with Crippen LogP contribution in [0.4, 0.5) is 17.3 Å². The number of anilines is 2. The Morgan fingerprint density at radius 3 is 2.65 bits per heavy atom. The lowest BCUT2D eigenvalue weighted by Crippen LogP contribution is -2.12. The first-order valence-electron chi connectivity index (χ1n) is 5.81. The van der Waals surface area contributed by atoms with E-state index >= 15 is 0 Å². The molecule has 0 fully saturated rings. The van der Waals surface area contributed by atoms with Gasteiger partial charge >= 0.3 is 0 Å². The molecule has 20 heavy (non-hydrogen) atoms. The summed E-state index contributed by atoms with van der Waals surface area (Å²) in [6, 6.07) is 2.52. The van der Waals surface area contributed by atoms with Crippen LogP contribution in [0.1, 0.15) is 23.7 Å². The molecular weight excluding hydrogens is 280 g/mol. The van der Waals surface area contributed by atoms with E-state index < -0.39 is 4.92 Å². The Hall–Kier alpha value is -2.26. The lowest BCUT2D eigenvalue weighted by atomic mass is 10.3. The summed E-state index contributed by atoms with van der Waals surface area (Å²) in [7, 11) is 0. The minimum Gasteiger partial charge on any atom is -0.361 e. The molecule has 0 aliphatic carbocycles. The van der Waals surface area contributed by atoms with E-state index in [1.54, 1.807) is 0 Å². The number of rotatable bonds is 5. The van der Waals surface area contributed by atoms with Gasteiger partial charge in [-0.25, -0.2) is 15.8 Å². The molecule has 0 radical (unpaired) electrons. The predicted molar refractivity (Wildman–Crippen MR) is 77.6 cm³/mol. The SMILES string of the molecule is Cc1csc(C(C)Nc2cc([N+](=O)[O-])cc(NN)n2)n1. The summed E-state index contributed by atoms with van der Waals surface area (Å²) in [6.45, 7) is 3.82. The number of pyridine rings is 1. The zero-order valence-electron chi connectivity index (χ0n) is 11.0. The summed E-state index contributed by atoms with van der Waals surface area (Å²) in [5.41, 5.74) is 3.17. The fourth-order valence-corrected chi connectivity index (χ4v) is 2.43. The molecule has 1 atom stereocenters. The van der Waals surface area contributed by atoms with Gasteiger partial charge in [0.15, 0.2) is 0 Å². The highest BCUT2D eigenvalue weighted by Crippen LogP contribution is 2.25. The fourth-order valence-electron chi connectivity index (χ4n) is 1.62. The standard InChI is InChI=1S/C11H14N6O2S/c1-6-5-20-11(13-6)7(2)14-9-3-8(17(18)19)4-10(15-9)16-12/h3-5,7H,12H2,1-2H3,(H2,14,15,16). The monoisotopic (exact) mass is 294 g/mol. The molecule has 106 valence electrons. The number of thiazole rings is 1. The maximum absolute atomic E-state index is 10.9. The van der Waals surface area contributed by atoms with Crippen LogP contribution in [0.3, 0.4) is 0 Å². The predicted octanol–water partition coefficient (Wildman–Crippen LogP) is 2.21. The number of nitrogens with zero attached hydrogens (tertiary/aromatic N) is 3. The van der Waals surface area contributed by atoms with E-state index in [-0.39, 0.29) is 17.5 Å². The molecule has 2 rings (SSSR count). The smallest absolute Gasteiger partial charge is 0.276 e. The normalized spacial score (nSPS) is 11.9. The molecule has 0 aliphatic rings. The van der Waals surface area contributed by atoms with E-state index in [0.29, 0.717) is 5.82 Å². The third-order valence-electron chi connectivity index (χ3n) is 2.54. The number of nitrogens with two attached hydrogens (primary N) is 1. The number of hydrazine groups is 1. The van der Waals surface area contributed by atoms with Gasteiger partial charge in [0.1, 0.15) is 16.6 Å². The Balaban J connectivity index is 2.24. The van der Waals surface area contributed by atoms with Gasteiger partial charge in [-0.15, -0.1) is 11.3 Å². The van der Waals surface area contributed by atoms with Crippen LogP contribution in [-0.4, -0.2) is 14.9 Å². The molecule has 2 heterocycles. The van der Waals surface area contributed by atoms with Gasteiger partial charge in [-0.3, -0.25) is 10.1 Å². The number of hydrogen-bond donors (Lipinski definition) is 3. The van der Waals surface area contributed by atoms with Crippen LogP contribution in [0.5, 0.6) is 0 Å². The number of aromatic nitrogens is 2. The first kappa shape index (κ1) is 14.2. The molecule has 0 amide bonds. The average Bonchev–Trinajstić information content (AvgIpc) is 2.85. The van der Waals surface area contributed by atoms with Crippen molar-refractivity contribution < 1.29 is 4.92 Å². The van der Waals surface area contributed by atoms with Gasteiger partial charge in [0, 0.05) is 11.1 Å². The van der Waals surface area contributed by atoms with Crippen molar-refractivity contribution in [3.05, 3.63) is 38.3 Å². The van der Waals surface area contributed by atoms with Crippen LogP contribution in [0.15, 0.2) is 17.5 Å². The van der Waals surface area contributed by atoms with E-state index in [1.165, 1.54) is 23.5 Å². The van der Waals surface area contributed by atoms with Gasteiger partial charge in [-0.1, -0.05) is 0 Å². The van der Waals surface area contributed by atoms with Gasteiger partial charge in [-0.05, 0) is 13.8 Å². The summed E-state index contributed by atoms with van der Waals surface area (Å²) in [5.74, 6) is 5.85. The van der Waals surface area contributed by atoms with Gasteiger partial charge in [-0.2, -0.15) is 0 Å². The van der Waals surface area contributed by atoms with E-state index in [2.05, 4.69) is 20.7 Å². The minimum absolute atomic E-state index is 0.0852. The maximum Gasteiger partial charge on any atom is 0.276 e. The number of hydrogen-bond acceptors (Lipinski definition) is 8. The fraction of sp³-hybridized carbons (Fsp3) is 0.273. The van der Waals surface area contributed by atoms with Crippen molar-refractivity contribution in [1.29, 1.82) is 0 Å². The number of nitro groups is 1. The third kappa shape index (κ3) is 3.19. The molecule has 0 saturated carbocycles. The lowest BCUT2D eigenvalue weighted by Gasteiger charge is -2.12. The van der Waals surface area contributed by atoms with Gasteiger partial charge in [0.05, 0.1) is 23.1 Å². The molecule has 0 saturated heterocycles. The Morgan fingerprint density at radius 1 is 1.40 bits per heavy atom. The quantitative estimate of drug-likeness (QED) is 0.439. The zero-order chi connectivity index (χ0) is 14.7. The summed E-state index contributed by atoms with van der Waals surface area (Å²) in [4.78, 5) is 18.9. The summed E-state index contributed by atoms with van der Waals surface area (Å²) in [6.07, 6.45) is 0. The topological polar surface area (TPSA) is 119 Å². The van der Waals surface area contributed by atoms with Gasteiger partial charge in [0.25, 0.3) is 5.69 Å². The number of aryl methyl sites for hydroxylation is 1. The van der Waals surface area contributed by atoms with Gasteiger partial charge < -0.3 is 10.7 Å². The van der Waals surface area contributed by atoms with Crippen molar-refractivity contribution in [2.45, 2.75) is 19.9 Å². The Morgan fingerprint density at radius 2 is 2.10 bits per heavy atom. The highest BCUT2D eigenvalue weighted by Gasteiger charge is 2.14. The largest absolute Gasteiger partial charge is 0.361 e. The van der Waals surface area contributed by atoms with Crippen molar-refractivity contribution in [3.63, 3.8) is 0 Å². The van der Waals surface area contributed by atoms with Crippen molar-refractivity contribution >= 4 is 28.7 Å². The second kappa shape index (κ2) is 5.80. The maximum atomic E-state index is 10.9. The molecular formula is C11H14N6O2S. The highest BCUT2D eigenvalue weighted by molar-refractivity contribution is 7.09. The van der Waals surface area contributed by atoms with Crippen LogP contribution >= 0.6 is 11.3 Å². The summed E-state index contributed by atoms with van der Waals surface area (Å²) in [5, 5.41) is 16.8. The van der Waals surface area contributed by atoms with Crippen molar-refractivity contribution in [1.82, 2.24) is 9.97 Å². The molecule has 0 aliphatic heterocycles. The molecule has 0 spiro atoms. The molecule has 2 aromatic heterocycles. The second-order valence-corrected chi connectivity index (χ2v) is 5.08. The molecule has 1 unspecified atom stereocenters. The van der Waals surface area contributed by atoms with Crippen molar-refractivity contribution in [3.8, 4) is 0 Å². The van der Waals surface area contributed by atoms with E-state index in [4.69, 9.17) is 5.84 Å². The third-order valence-corrected chi connectivity index (χ3v) is 3.69. The molecule has 9 heteroatoms. The Labute approximate surface area is 119 Å². The average molecular weight is 294 g/mol. The van der Waals surface area contributed by atoms with Crippen LogP contribution < -0.4 is 16.6 Å². The molecule has 4 N–H and O–H groups in total. The Bertz CT molecular complexity index is 629. The van der Waals surface area contributed by atoms with E-state index in [0.717, 1.165) is 10.7 Å².